The summed E-state index contributed by atoms with van der Waals surface area (Å²) >= 11 is 0. The molecule has 0 unspecified atom stereocenters. The highest BCUT2D eigenvalue weighted by Gasteiger charge is 2.20. The van der Waals surface area contributed by atoms with E-state index in [9.17, 15) is 31.0 Å². The van der Waals surface area contributed by atoms with E-state index in [-0.39, 0.29) is 57.9 Å². The summed E-state index contributed by atoms with van der Waals surface area (Å²) in [5.74, 6) is -1.03. The zero-order valence-electron chi connectivity index (χ0n) is 19.0. The van der Waals surface area contributed by atoms with Gasteiger partial charge in [-0.25, -0.2) is 18.2 Å². The molecule has 15 heteroatoms. The molecule has 0 amide bonds. The predicted octanol–water partition coefficient (Wildman–Crippen LogP) is 2.84. The van der Waals surface area contributed by atoms with Crippen LogP contribution in [0.1, 0.15) is 25.7 Å². The van der Waals surface area contributed by atoms with Crippen LogP contribution in [0.5, 0.6) is 0 Å². The van der Waals surface area contributed by atoms with Gasteiger partial charge >= 0.3 is 11.6 Å². The lowest BCUT2D eigenvalue weighted by molar-refractivity contribution is -0.137. The number of nitrogens with one attached hydrogen (secondary N) is 2. The number of carboxylic acids is 1. The van der Waals surface area contributed by atoms with Crippen molar-refractivity contribution >= 4 is 60.4 Å². The fraction of sp³-hybridized carbons (Fsp3) is 0.227. The standard InChI is InChI=1S/C22H21N3O10S2/c26-20(27)4-2-1-3-7-23-16-11-18-12(9-19(16)37(31,32)33)8-14(22(28)35-18)21-24-15-10-13(25-36(29)30)5-6-17(15)34-21/h5-6,8-11,23,36H,1-4,7H2,(H,26,27)(H,25,29,30)(H,31,32,33). The van der Waals surface area contributed by atoms with Crippen molar-refractivity contribution in [1.29, 1.82) is 0 Å². The van der Waals surface area contributed by atoms with Gasteiger partial charge in [-0.1, -0.05) is 6.42 Å². The molecule has 0 aliphatic rings. The van der Waals surface area contributed by atoms with Crippen molar-refractivity contribution < 1.29 is 40.1 Å². The number of aromatic nitrogens is 1. The van der Waals surface area contributed by atoms with Gasteiger partial charge in [0.2, 0.25) is 16.8 Å². The first kappa shape index (κ1) is 26.1. The number of unbranched alkanes of at least 4 members (excludes halogenated alkanes) is 2. The maximum absolute atomic E-state index is 12.7. The van der Waals surface area contributed by atoms with Crippen LogP contribution in [0.15, 0.2) is 54.9 Å². The first-order valence-corrected chi connectivity index (χ1v) is 13.5. The van der Waals surface area contributed by atoms with E-state index in [4.69, 9.17) is 13.9 Å². The molecule has 2 aromatic carbocycles. The fourth-order valence-corrected chi connectivity index (χ4v) is 4.70. The molecule has 4 aromatic rings. The van der Waals surface area contributed by atoms with E-state index in [0.717, 1.165) is 6.07 Å². The van der Waals surface area contributed by atoms with Crippen LogP contribution in [-0.2, 0) is 25.8 Å². The van der Waals surface area contributed by atoms with Crippen LogP contribution in [0.25, 0.3) is 33.5 Å². The van der Waals surface area contributed by atoms with Crippen LogP contribution >= 0.6 is 0 Å². The summed E-state index contributed by atoms with van der Waals surface area (Å²) in [5, 5.41) is 11.7. The molecule has 4 rings (SSSR count). The van der Waals surface area contributed by atoms with Crippen molar-refractivity contribution in [1.82, 2.24) is 4.98 Å². The molecule has 0 aliphatic carbocycles. The number of nitrogens with zero attached hydrogens (tertiary/aromatic N) is 1. The van der Waals surface area contributed by atoms with Crippen molar-refractivity contribution in [2.24, 2.45) is 0 Å². The Balaban J connectivity index is 1.67. The number of oxazole rings is 1. The zero-order chi connectivity index (χ0) is 26.7. The second-order valence-electron chi connectivity index (χ2n) is 8.01. The average Bonchev–Trinajstić information content (AvgIpc) is 3.22. The van der Waals surface area contributed by atoms with Crippen molar-refractivity contribution in [2.75, 3.05) is 16.6 Å². The van der Waals surface area contributed by atoms with Gasteiger partial charge in [-0.15, -0.1) is 0 Å². The monoisotopic (exact) mass is 551 g/mol. The molecule has 37 heavy (non-hydrogen) atoms. The second-order valence-corrected chi connectivity index (χ2v) is 10.1. The number of hydrogen-bond acceptors (Lipinski definition) is 10. The van der Waals surface area contributed by atoms with Gasteiger partial charge in [-0.3, -0.25) is 14.1 Å². The van der Waals surface area contributed by atoms with Gasteiger partial charge in [0, 0.05) is 24.4 Å². The number of carboxylic acid groups (broad SMARTS) is 1. The smallest absolute Gasteiger partial charge is 0.349 e. The zero-order valence-corrected chi connectivity index (χ0v) is 20.7. The molecule has 2 heterocycles. The third-order valence-corrected chi connectivity index (χ3v) is 6.67. The lowest BCUT2D eigenvalue weighted by atomic mass is 10.1. The molecular weight excluding hydrogens is 530 g/mol. The topological polar surface area (TPSA) is 206 Å². The summed E-state index contributed by atoms with van der Waals surface area (Å²) < 4.78 is 68.8. The Kier molecular flexibility index (Phi) is 7.47. The third kappa shape index (κ3) is 6.25. The summed E-state index contributed by atoms with van der Waals surface area (Å²) in [6.45, 7) is 0.288. The fourth-order valence-electron chi connectivity index (χ4n) is 3.67. The molecule has 0 radical (unpaired) electrons. The van der Waals surface area contributed by atoms with Gasteiger partial charge in [0.25, 0.3) is 10.1 Å². The number of hydrogen-bond donors (Lipinski definition) is 5. The third-order valence-electron chi connectivity index (χ3n) is 5.33. The SMILES string of the molecule is O=C(O)CCCCCNc1cc2oc(=O)c(-c3nc4cc(N[SH](=O)=O)ccc4o3)cc2cc1S(=O)(=O)O. The minimum atomic E-state index is -4.66. The number of anilines is 2. The van der Waals surface area contributed by atoms with Gasteiger partial charge in [0.1, 0.15) is 21.6 Å². The Labute approximate surface area is 210 Å². The van der Waals surface area contributed by atoms with Crippen molar-refractivity contribution in [3.63, 3.8) is 0 Å². The number of fused-ring (bicyclic) bond motifs is 2. The van der Waals surface area contributed by atoms with E-state index >= 15 is 0 Å². The number of rotatable bonds is 11. The molecular formula is C22H21N3O10S2. The Morgan fingerprint density at radius 2 is 1.81 bits per heavy atom. The Morgan fingerprint density at radius 1 is 1.03 bits per heavy atom. The summed E-state index contributed by atoms with van der Waals surface area (Å²) in [7, 11) is -7.55. The summed E-state index contributed by atoms with van der Waals surface area (Å²) in [6.07, 6.45) is 1.62. The van der Waals surface area contributed by atoms with Crippen molar-refractivity contribution in [2.45, 2.75) is 30.6 Å². The average molecular weight is 552 g/mol. The van der Waals surface area contributed by atoms with E-state index in [1.54, 1.807) is 0 Å². The molecule has 0 bridgehead atoms. The molecule has 0 saturated carbocycles. The van der Waals surface area contributed by atoms with Gasteiger partial charge in [0.15, 0.2) is 5.58 Å². The number of benzene rings is 2. The van der Waals surface area contributed by atoms with E-state index in [0.29, 0.717) is 19.3 Å². The largest absolute Gasteiger partial charge is 0.481 e. The van der Waals surface area contributed by atoms with E-state index in [2.05, 4.69) is 15.0 Å². The van der Waals surface area contributed by atoms with Crippen molar-refractivity contribution in [3.8, 4) is 11.5 Å². The number of aliphatic carboxylic acids is 1. The lowest BCUT2D eigenvalue weighted by Crippen LogP contribution is -2.09. The Hall–Kier alpha value is -3.95. The summed E-state index contributed by atoms with van der Waals surface area (Å²) in [6, 6.07) is 8.04. The Morgan fingerprint density at radius 3 is 2.51 bits per heavy atom. The maximum atomic E-state index is 12.7. The minimum Gasteiger partial charge on any atom is -0.481 e. The van der Waals surface area contributed by atoms with E-state index in [1.165, 1.54) is 30.3 Å². The van der Waals surface area contributed by atoms with Crippen LogP contribution in [0, 0.1) is 0 Å². The first-order chi connectivity index (χ1) is 17.5. The first-order valence-electron chi connectivity index (χ1n) is 10.9. The van der Waals surface area contributed by atoms with Gasteiger partial charge in [-0.05, 0) is 43.2 Å². The van der Waals surface area contributed by atoms with Crippen LogP contribution in [0.4, 0.5) is 11.4 Å². The van der Waals surface area contributed by atoms with Crippen LogP contribution in [0.3, 0.4) is 0 Å². The van der Waals surface area contributed by atoms with Gasteiger partial charge < -0.3 is 19.3 Å². The van der Waals surface area contributed by atoms with Gasteiger partial charge in [0.05, 0.1) is 11.4 Å². The molecule has 0 atom stereocenters. The normalized spacial score (nSPS) is 11.8. The van der Waals surface area contributed by atoms with Gasteiger partial charge in [-0.2, -0.15) is 8.42 Å². The second kappa shape index (κ2) is 10.6. The summed E-state index contributed by atoms with van der Waals surface area (Å²) in [4.78, 5) is 27.1. The molecule has 0 spiro atoms. The van der Waals surface area contributed by atoms with Crippen molar-refractivity contribution in [3.05, 3.63) is 46.8 Å². The molecule has 0 saturated heterocycles. The molecule has 4 N–H and O–H groups in total. The lowest BCUT2D eigenvalue weighted by Gasteiger charge is -2.11. The van der Waals surface area contributed by atoms with Crippen LogP contribution in [0.2, 0.25) is 0 Å². The maximum Gasteiger partial charge on any atom is 0.349 e. The molecule has 0 aliphatic heterocycles. The number of thiol groups is 1. The number of carbonyl (C=O) groups is 1. The van der Waals surface area contributed by atoms with Crippen LogP contribution < -0.4 is 15.7 Å². The highest BCUT2D eigenvalue weighted by atomic mass is 32.2. The predicted molar refractivity (Wildman–Crippen MR) is 134 cm³/mol. The molecule has 2 aromatic heterocycles. The van der Waals surface area contributed by atoms with Crippen LogP contribution in [-0.4, -0.2) is 44.0 Å². The summed E-state index contributed by atoms with van der Waals surface area (Å²) in [5.41, 5.74) is -0.110. The van der Waals surface area contributed by atoms with E-state index in [1.807, 2.05) is 0 Å². The van der Waals surface area contributed by atoms with E-state index < -0.39 is 37.5 Å². The quantitative estimate of drug-likeness (QED) is 0.0789. The molecule has 196 valence electrons. The minimum absolute atomic E-state index is 0.0164. The molecule has 0 fully saturated rings. The highest BCUT2D eigenvalue weighted by molar-refractivity contribution is 7.86. The Bertz CT molecular complexity index is 1730. The molecule has 13 nitrogen and oxygen atoms in total. The highest BCUT2D eigenvalue weighted by Crippen LogP contribution is 2.31.